The van der Waals surface area contributed by atoms with Crippen LogP contribution in [0.25, 0.3) is 0 Å². The Morgan fingerprint density at radius 1 is 1.41 bits per heavy atom. The van der Waals surface area contributed by atoms with E-state index in [0.717, 1.165) is 6.42 Å². The highest BCUT2D eigenvalue weighted by Crippen LogP contribution is 2.08. The number of carbonyl (C=O) groups is 1. The Kier molecular flexibility index (Phi) is 5.49. The van der Waals surface area contributed by atoms with Crippen LogP contribution in [0.3, 0.4) is 0 Å². The molecule has 0 saturated carbocycles. The number of para-hydroxylation sites is 1. The van der Waals surface area contributed by atoms with Gasteiger partial charge in [0.15, 0.2) is 6.61 Å². The van der Waals surface area contributed by atoms with Crippen LogP contribution in [-0.2, 0) is 4.79 Å². The summed E-state index contributed by atoms with van der Waals surface area (Å²) in [6.45, 7) is 2.66. The molecular formula is C13H20N2O2. The van der Waals surface area contributed by atoms with Gasteiger partial charge in [0, 0.05) is 19.6 Å². The molecule has 0 fully saturated rings. The fraction of sp³-hybridized carbons (Fsp3) is 0.462. The van der Waals surface area contributed by atoms with Gasteiger partial charge in [-0.05, 0) is 25.5 Å². The summed E-state index contributed by atoms with van der Waals surface area (Å²) in [5.41, 5.74) is 5.64. The molecule has 0 aliphatic rings. The van der Waals surface area contributed by atoms with E-state index in [2.05, 4.69) is 0 Å². The Morgan fingerprint density at radius 2 is 2.06 bits per heavy atom. The number of benzene rings is 1. The largest absolute Gasteiger partial charge is 0.484 e. The molecule has 4 heteroatoms. The molecule has 0 saturated heterocycles. The number of hydrogen-bond donors (Lipinski definition) is 1. The van der Waals surface area contributed by atoms with Crippen molar-refractivity contribution in [3.05, 3.63) is 30.3 Å². The Balaban J connectivity index is 2.29. The van der Waals surface area contributed by atoms with Crippen LogP contribution in [0, 0.1) is 0 Å². The predicted octanol–water partition coefficient (Wildman–Crippen LogP) is 1.26. The highest BCUT2D eigenvalue weighted by atomic mass is 16.5. The van der Waals surface area contributed by atoms with Crippen LogP contribution < -0.4 is 10.5 Å². The number of ether oxygens (including phenoxy) is 1. The average molecular weight is 236 g/mol. The second-order valence-corrected chi connectivity index (χ2v) is 4.18. The number of nitrogens with zero attached hydrogens (tertiary/aromatic N) is 1. The number of likely N-dealkylation sites (N-methyl/N-ethyl adjacent to an activating group) is 1. The molecule has 0 radical (unpaired) electrons. The third kappa shape index (κ3) is 5.36. The maximum absolute atomic E-state index is 11.7. The zero-order chi connectivity index (χ0) is 12.7. The summed E-state index contributed by atoms with van der Waals surface area (Å²) in [5, 5.41) is 0. The van der Waals surface area contributed by atoms with Crippen molar-refractivity contribution in [1.82, 2.24) is 4.90 Å². The second kappa shape index (κ2) is 6.91. The first-order valence-electron chi connectivity index (χ1n) is 5.77. The van der Waals surface area contributed by atoms with Crippen molar-refractivity contribution < 1.29 is 9.53 Å². The molecule has 0 spiro atoms. The van der Waals surface area contributed by atoms with Gasteiger partial charge in [-0.25, -0.2) is 0 Å². The normalized spacial score (nSPS) is 11.9. The van der Waals surface area contributed by atoms with Gasteiger partial charge in [0.1, 0.15) is 5.75 Å². The van der Waals surface area contributed by atoms with Gasteiger partial charge in [-0.3, -0.25) is 4.79 Å². The van der Waals surface area contributed by atoms with Crippen LogP contribution in [0.1, 0.15) is 13.3 Å². The number of rotatable bonds is 6. The molecule has 1 unspecified atom stereocenters. The van der Waals surface area contributed by atoms with E-state index in [1.165, 1.54) is 0 Å². The summed E-state index contributed by atoms with van der Waals surface area (Å²) in [5.74, 6) is 0.677. The minimum absolute atomic E-state index is 0.0329. The zero-order valence-corrected chi connectivity index (χ0v) is 10.4. The molecule has 17 heavy (non-hydrogen) atoms. The van der Waals surface area contributed by atoms with Gasteiger partial charge < -0.3 is 15.4 Å². The van der Waals surface area contributed by atoms with Crippen LogP contribution in [-0.4, -0.2) is 37.0 Å². The number of carbonyl (C=O) groups excluding carboxylic acids is 1. The summed E-state index contributed by atoms with van der Waals surface area (Å²) in [4.78, 5) is 13.3. The van der Waals surface area contributed by atoms with Crippen LogP contribution in [0.5, 0.6) is 5.75 Å². The molecule has 1 aromatic carbocycles. The van der Waals surface area contributed by atoms with Gasteiger partial charge in [-0.1, -0.05) is 18.2 Å². The summed E-state index contributed by atoms with van der Waals surface area (Å²) in [6, 6.07) is 9.42. The minimum atomic E-state index is -0.0329. The van der Waals surface area contributed by atoms with Gasteiger partial charge in [0.2, 0.25) is 0 Å². The molecular weight excluding hydrogens is 216 g/mol. The van der Waals surface area contributed by atoms with Crippen LogP contribution >= 0.6 is 0 Å². The third-order valence-corrected chi connectivity index (χ3v) is 2.45. The topological polar surface area (TPSA) is 55.6 Å². The van der Waals surface area contributed by atoms with Crippen molar-refractivity contribution >= 4 is 5.91 Å². The average Bonchev–Trinajstić information content (AvgIpc) is 2.34. The van der Waals surface area contributed by atoms with Crippen molar-refractivity contribution in [2.75, 3.05) is 20.2 Å². The van der Waals surface area contributed by atoms with Gasteiger partial charge in [0.05, 0.1) is 0 Å². The second-order valence-electron chi connectivity index (χ2n) is 4.18. The first-order valence-corrected chi connectivity index (χ1v) is 5.77. The van der Waals surface area contributed by atoms with Gasteiger partial charge in [-0.2, -0.15) is 0 Å². The lowest BCUT2D eigenvalue weighted by molar-refractivity contribution is -0.132. The molecule has 0 heterocycles. The Morgan fingerprint density at radius 3 is 2.65 bits per heavy atom. The quantitative estimate of drug-likeness (QED) is 0.809. The standard InChI is InChI=1S/C13H20N2O2/c1-11(14)8-9-15(2)13(16)10-17-12-6-4-3-5-7-12/h3-7,11H,8-10,14H2,1-2H3. The molecule has 0 aliphatic heterocycles. The molecule has 4 nitrogen and oxygen atoms in total. The van der Waals surface area contributed by atoms with E-state index in [1.807, 2.05) is 37.3 Å². The van der Waals surface area contributed by atoms with Crippen LogP contribution in [0.15, 0.2) is 30.3 Å². The summed E-state index contributed by atoms with van der Waals surface area (Å²) >= 11 is 0. The molecule has 1 amide bonds. The molecule has 94 valence electrons. The molecule has 1 aromatic rings. The van der Waals surface area contributed by atoms with E-state index >= 15 is 0 Å². The van der Waals surface area contributed by atoms with Crippen molar-refractivity contribution in [3.63, 3.8) is 0 Å². The van der Waals surface area contributed by atoms with E-state index in [1.54, 1.807) is 11.9 Å². The highest BCUT2D eigenvalue weighted by molar-refractivity contribution is 5.77. The van der Waals surface area contributed by atoms with Gasteiger partial charge >= 0.3 is 0 Å². The SMILES string of the molecule is CC(N)CCN(C)C(=O)COc1ccccc1. The Bertz CT molecular complexity index is 339. The van der Waals surface area contributed by atoms with E-state index in [-0.39, 0.29) is 18.6 Å². The van der Waals surface area contributed by atoms with Gasteiger partial charge in [0.25, 0.3) is 5.91 Å². The molecule has 1 rings (SSSR count). The molecule has 0 bridgehead atoms. The summed E-state index contributed by atoms with van der Waals surface area (Å²) in [6.07, 6.45) is 0.799. The van der Waals surface area contributed by atoms with Crippen molar-refractivity contribution in [3.8, 4) is 5.75 Å². The lowest BCUT2D eigenvalue weighted by Crippen LogP contribution is -2.34. The fourth-order valence-corrected chi connectivity index (χ4v) is 1.29. The lowest BCUT2D eigenvalue weighted by atomic mass is 10.2. The lowest BCUT2D eigenvalue weighted by Gasteiger charge is -2.18. The maximum atomic E-state index is 11.7. The summed E-state index contributed by atoms with van der Waals surface area (Å²) < 4.78 is 5.37. The number of amides is 1. The Labute approximate surface area is 102 Å². The first kappa shape index (κ1) is 13.5. The fourth-order valence-electron chi connectivity index (χ4n) is 1.29. The first-order chi connectivity index (χ1) is 8.09. The van der Waals surface area contributed by atoms with Crippen molar-refractivity contribution in [2.45, 2.75) is 19.4 Å². The van der Waals surface area contributed by atoms with Crippen LogP contribution in [0.2, 0.25) is 0 Å². The van der Waals surface area contributed by atoms with E-state index in [4.69, 9.17) is 10.5 Å². The minimum Gasteiger partial charge on any atom is -0.484 e. The van der Waals surface area contributed by atoms with Crippen molar-refractivity contribution in [1.29, 1.82) is 0 Å². The molecule has 2 N–H and O–H groups in total. The maximum Gasteiger partial charge on any atom is 0.260 e. The zero-order valence-electron chi connectivity index (χ0n) is 10.4. The third-order valence-electron chi connectivity index (χ3n) is 2.45. The number of hydrogen-bond acceptors (Lipinski definition) is 3. The molecule has 0 aromatic heterocycles. The van der Waals surface area contributed by atoms with E-state index in [9.17, 15) is 4.79 Å². The predicted molar refractivity (Wildman–Crippen MR) is 67.8 cm³/mol. The monoisotopic (exact) mass is 236 g/mol. The Hall–Kier alpha value is -1.55. The molecule has 0 aliphatic carbocycles. The van der Waals surface area contributed by atoms with Crippen molar-refractivity contribution in [2.24, 2.45) is 5.73 Å². The van der Waals surface area contributed by atoms with E-state index in [0.29, 0.717) is 12.3 Å². The summed E-state index contributed by atoms with van der Waals surface area (Å²) in [7, 11) is 1.76. The number of nitrogens with two attached hydrogens (primary N) is 1. The molecule has 1 atom stereocenters. The van der Waals surface area contributed by atoms with Gasteiger partial charge in [-0.15, -0.1) is 0 Å². The van der Waals surface area contributed by atoms with Crippen LogP contribution in [0.4, 0.5) is 0 Å². The van der Waals surface area contributed by atoms with E-state index < -0.39 is 0 Å². The highest BCUT2D eigenvalue weighted by Gasteiger charge is 2.09. The smallest absolute Gasteiger partial charge is 0.260 e.